The fourth-order valence-corrected chi connectivity index (χ4v) is 2.81. The highest BCUT2D eigenvalue weighted by atomic mass is 16.5. The van der Waals surface area contributed by atoms with E-state index in [1.807, 2.05) is 0 Å². The lowest BCUT2D eigenvalue weighted by atomic mass is 9.83. The Morgan fingerprint density at radius 3 is 2.61 bits per heavy atom. The van der Waals surface area contributed by atoms with Gasteiger partial charge in [-0.3, -0.25) is 0 Å². The van der Waals surface area contributed by atoms with E-state index < -0.39 is 0 Å². The Labute approximate surface area is 112 Å². The minimum atomic E-state index is -0.364. The molecule has 0 aromatic heterocycles. The van der Waals surface area contributed by atoms with Crippen LogP contribution >= 0.6 is 0 Å². The normalized spacial score (nSPS) is 20.2. The van der Waals surface area contributed by atoms with Crippen molar-refractivity contribution in [1.29, 1.82) is 0 Å². The molecule has 1 saturated carbocycles. The molecule has 1 aliphatic carbocycles. The SMILES string of the molecule is CCCCOCC(O)CNCC1(CC)CCCC1. The van der Waals surface area contributed by atoms with Crippen LogP contribution in [0.5, 0.6) is 0 Å². The minimum absolute atomic E-state index is 0.364. The lowest BCUT2D eigenvalue weighted by Crippen LogP contribution is -2.37. The maximum Gasteiger partial charge on any atom is 0.0897 e. The second-order valence-electron chi connectivity index (χ2n) is 5.77. The molecule has 0 aliphatic heterocycles. The van der Waals surface area contributed by atoms with E-state index >= 15 is 0 Å². The second-order valence-corrected chi connectivity index (χ2v) is 5.77. The van der Waals surface area contributed by atoms with E-state index in [1.54, 1.807) is 0 Å². The van der Waals surface area contributed by atoms with Gasteiger partial charge in [0.25, 0.3) is 0 Å². The van der Waals surface area contributed by atoms with Crippen molar-refractivity contribution in [3.63, 3.8) is 0 Å². The maximum atomic E-state index is 9.79. The van der Waals surface area contributed by atoms with E-state index in [0.29, 0.717) is 18.6 Å². The van der Waals surface area contributed by atoms with E-state index in [1.165, 1.54) is 32.1 Å². The molecule has 0 aromatic rings. The lowest BCUT2D eigenvalue weighted by molar-refractivity contribution is 0.0344. The van der Waals surface area contributed by atoms with Crippen molar-refractivity contribution in [3.8, 4) is 0 Å². The Bertz CT molecular complexity index is 203. The zero-order chi connectivity index (χ0) is 13.3. The van der Waals surface area contributed by atoms with Crippen molar-refractivity contribution < 1.29 is 9.84 Å². The van der Waals surface area contributed by atoms with Gasteiger partial charge in [-0.05, 0) is 31.1 Å². The number of ether oxygens (including phenoxy) is 1. The summed E-state index contributed by atoms with van der Waals surface area (Å²) in [6, 6.07) is 0. The molecule has 0 bridgehead atoms. The molecule has 0 saturated heterocycles. The Morgan fingerprint density at radius 2 is 2.00 bits per heavy atom. The summed E-state index contributed by atoms with van der Waals surface area (Å²) in [7, 11) is 0. The predicted octanol–water partition coefficient (Wildman–Crippen LogP) is 2.72. The molecule has 1 rings (SSSR count). The fourth-order valence-electron chi connectivity index (χ4n) is 2.81. The van der Waals surface area contributed by atoms with Crippen LogP contribution in [0, 0.1) is 5.41 Å². The summed E-state index contributed by atoms with van der Waals surface area (Å²) in [4.78, 5) is 0. The smallest absolute Gasteiger partial charge is 0.0897 e. The molecule has 0 radical (unpaired) electrons. The maximum absolute atomic E-state index is 9.79. The molecular weight excluding hydrogens is 226 g/mol. The van der Waals surface area contributed by atoms with Crippen LogP contribution in [0.4, 0.5) is 0 Å². The van der Waals surface area contributed by atoms with Crippen LogP contribution in [0.25, 0.3) is 0 Å². The van der Waals surface area contributed by atoms with Gasteiger partial charge in [0.2, 0.25) is 0 Å². The van der Waals surface area contributed by atoms with Gasteiger partial charge in [0.1, 0.15) is 0 Å². The monoisotopic (exact) mass is 257 g/mol. The van der Waals surface area contributed by atoms with Crippen LogP contribution in [0.1, 0.15) is 58.8 Å². The zero-order valence-electron chi connectivity index (χ0n) is 12.2. The van der Waals surface area contributed by atoms with Crippen LogP contribution in [0.3, 0.4) is 0 Å². The van der Waals surface area contributed by atoms with Crippen molar-refractivity contribution in [3.05, 3.63) is 0 Å². The molecule has 2 N–H and O–H groups in total. The number of rotatable bonds is 10. The van der Waals surface area contributed by atoms with Crippen molar-refractivity contribution in [2.75, 3.05) is 26.3 Å². The van der Waals surface area contributed by atoms with Crippen LogP contribution in [-0.4, -0.2) is 37.5 Å². The summed E-state index contributed by atoms with van der Waals surface area (Å²) in [6.07, 6.45) is 8.56. The van der Waals surface area contributed by atoms with E-state index in [9.17, 15) is 5.11 Å². The van der Waals surface area contributed by atoms with E-state index in [2.05, 4.69) is 19.2 Å². The second kappa shape index (κ2) is 8.89. The number of hydrogen-bond donors (Lipinski definition) is 2. The van der Waals surface area contributed by atoms with Gasteiger partial charge in [0.15, 0.2) is 0 Å². The first-order chi connectivity index (χ1) is 8.72. The van der Waals surface area contributed by atoms with Crippen molar-refractivity contribution >= 4 is 0 Å². The third-order valence-corrected chi connectivity index (χ3v) is 4.25. The Balaban J connectivity index is 2.05. The van der Waals surface area contributed by atoms with Crippen molar-refractivity contribution in [1.82, 2.24) is 5.32 Å². The topological polar surface area (TPSA) is 41.5 Å². The Morgan fingerprint density at radius 1 is 1.28 bits per heavy atom. The third kappa shape index (κ3) is 5.68. The summed E-state index contributed by atoms with van der Waals surface area (Å²) >= 11 is 0. The molecule has 18 heavy (non-hydrogen) atoms. The van der Waals surface area contributed by atoms with Gasteiger partial charge in [-0.2, -0.15) is 0 Å². The molecule has 1 fully saturated rings. The highest BCUT2D eigenvalue weighted by Crippen LogP contribution is 2.40. The van der Waals surface area contributed by atoms with Crippen LogP contribution in [0.15, 0.2) is 0 Å². The van der Waals surface area contributed by atoms with Crippen LogP contribution in [0.2, 0.25) is 0 Å². The number of aliphatic hydroxyl groups excluding tert-OH is 1. The lowest BCUT2D eigenvalue weighted by Gasteiger charge is -2.28. The predicted molar refractivity (Wildman–Crippen MR) is 75.8 cm³/mol. The van der Waals surface area contributed by atoms with Gasteiger partial charge in [0.05, 0.1) is 12.7 Å². The summed E-state index contributed by atoms with van der Waals surface area (Å²) < 4.78 is 5.42. The minimum Gasteiger partial charge on any atom is -0.389 e. The molecular formula is C15H31NO2. The largest absolute Gasteiger partial charge is 0.389 e. The molecule has 3 nitrogen and oxygen atoms in total. The van der Waals surface area contributed by atoms with Gasteiger partial charge >= 0.3 is 0 Å². The zero-order valence-corrected chi connectivity index (χ0v) is 12.2. The molecule has 0 aromatic carbocycles. The van der Waals surface area contributed by atoms with Gasteiger partial charge in [-0.25, -0.2) is 0 Å². The van der Waals surface area contributed by atoms with Crippen molar-refractivity contribution in [2.45, 2.75) is 64.9 Å². The van der Waals surface area contributed by atoms with Gasteiger partial charge in [0, 0.05) is 19.7 Å². The number of unbranched alkanes of at least 4 members (excludes halogenated alkanes) is 1. The summed E-state index contributed by atoms with van der Waals surface area (Å²) in [5.74, 6) is 0. The average Bonchev–Trinajstić information content (AvgIpc) is 2.84. The highest BCUT2D eigenvalue weighted by Gasteiger charge is 2.31. The van der Waals surface area contributed by atoms with E-state index in [4.69, 9.17) is 4.74 Å². The fraction of sp³-hybridized carbons (Fsp3) is 1.00. The van der Waals surface area contributed by atoms with E-state index in [-0.39, 0.29) is 6.10 Å². The Kier molecular flexibility index (Phi) is 7.87. The first kappa shape index (κ1) is 15.9. The van der Waals surface area contributed by atoms with Crippen LogP contribution in [-0.2, 0) is 4.74 Å². The molecule has 1 atom stereocenters. The van der Waals surface area contributed by atoms with Crippen molar-refractivity contribution in [2.24, 2.45) is 5.41 Å². The molecule has 0 spiro atoms. The van der Waals surface area contributed by atoms with E-state index in [0.717, 1.165) is 26.0 Å². The summed E-state index contributed by atoms with van der Waals surface area (Å²) in [5, 5.41) is 13.2. The number of hydrogen-bond acceptors (Lipinski definition) is 3. The Hall–Kier alpha value is -0.120. The highest BCUT2D eigenvalue weighted by molar-refractivity contribution is 4.85. The van der Waals surface area contributed by atoms with Gasteiger partial charge in [-0.15, -0.1) is 0 Å². The summed E-state index contributed by atoms with van der Waals surface area (Å²) in [6.45, 7) is 7.38. The molecule has 0 heterocycles. The first-order valence-electron chi connectivity index (χ1n) is 7.69. The number of nitrogens with one attached hydrogen (secondary N) is 1. The number of aliphatic hydroxyl groups is 1. The van der Waals surface area contributed by atoms with Crippen LogP contribution < -0.4 is 5.32 Å². The molecule has 108 valence electrons. The third-order valence-electron chi connectivity index (χ3n) is 4.25. The molecule has 1 unspecified atom stereocenters. The summed E-state index contributed by atoms with van der Waals surface area (Å²) in [5.41, 5.74) is 0.503. The average molecular weight is 257 g/mol. The first-order valence-corrected chi connectivity index (χ1v) is 7.69. The van der Waals surface area contributed by atoms with Gasteiger partial charge < -0.3 is 15.2 Å². The molecule has 3 heteroatoms. The molecule has 1 aliphatic rings. The molecule has 0 amide bonds. The van der Waals surface area contributed by atoms with Gasteiger partial charge in [-0.1, -0.05) is 33.1 Å². The standard InChI is InChI=1S/C15H31NO2/c1-3-5-10-18-12-14(17)11-16-13-15(4-2)8-6-7-9-15/h14,16-17H,3-13H2,1-2H3. The quantitative estimate of drug-likeness (QED) is 0.591.